The van der Waals surface area contributed by atoms with E-state index in [4.69, 9.17) is 5.73 Å². The van der Waals surface area contributed by atoms with Crippen molar-refractivity contribution in [1.82, 2.24) is 10.2 Å². The monoisotopic (exact) mass is 610 g/mol. The molecule has 0 fully saturated rings. The highest BCUT2D eigenvalue weighted by Gasteiger charge is 2.37. The Morgan fingerprint density at radius 1 is 1.09 bits per heavy atom. The van der Waals surface area contributed by atoms with E-state index < -0.39 is 47.2 Å². The van der Waals surface area contributed by atoms with Crippen LogP contribution >= 0.6 is 0 Å². The van der Waals surface area contributed by atoms with Crippen LogP contribution in [0.1, 0.15) is 48.4 Å². The summed E-state index contributed by atoms with van der Waals surface area (Å²) >= 11 is 0. The number of alkyl halides is 3. The number of carbonyl (C=O) groups excluding carboxylic acids is 4. The van der Waals surface area contributed by atoms with E-state index in [2.05, 4.69) is 17.2 Å². The molecule has 0 spiro atoms. The van der Waals surface area contributed by atoms with Crippen LogP contribution in [0, 0.1) is 6.92 Å². The fraction of sp³-hybridized carbons (Fsp3) is 0.333. The quantitative estimate of drug-likeness (QED) is 0.236. The number of Topliss-reactive ketones (excluding diaryl/α,β-unsaturated/α-hetero) is 1. The molecule has 0 unspecified atom stereocenters. The minimum atomic E-state index is -4.71. The van der Waals surface area contributed by atoms with E-state index >= 15 is 0 Å². The predicted molar refractivity (Wildman–Crippen MR) is 162 cm³/mol. The highest BCUT2D eigenvalue weighted by atomic mass is 19.4. The minimum absolute atomic E-state index is 0.0363. The Morgan fingerprint density at radius 3 is 2.45 bits per heavy atom. The number of hydrogen-bond donors (Lipinski definition) is 3. The van der Waals surface area contributed by atoms with E-state index in [9.17, 15) is 32.3 Å². The van der Waals surface area contributed by atoms with Gasteiger partial charge in [-0.15, -0.1) is 0 Å². The van der Waals surface area contributed by atoms with E-state index in [1.54, 1.807) is 38.2 Å². The number of anilines is 1. The van der Waals surface area contributed by atoms with Gasteiger partial charge in [-0.05, 0) is 61.2 Å². The third kappa shape index (κ3) is 9.00. The van der Waals surface area contributed by atoms with Gasteiger partial charge in [0.15, 0.2) is 5.78 Å². The summed E-state index contributed by atoms with van der Waals surface area (Å²) in [6, 6.07) is 8.40. The maximum atomic E-state index is 13.6. The lowest BCUT2D eigenvalue weighted by atomic mass is 9.92. The molecule has 0 radical (unpaired) electrons. The van der Waals surface area contributed by atoms with Crippen LogP contribution in [0.2, 0.25) is 0 Å². The third-order valence-electron chi connectivity index (χ3n) is 7.30. The summed E-state index contributed by atoms with van der Waals surface area (Å²) in [5.74, 6) is -2.16. The van der Waals surface area contributed by atoms with Gasteiger partial charge in [0.25, 0.3) is 0 Å². The summed E-state index contributed by atoms with van der Waals surface area (Å²) in [5, 5.41) is 4.91. The van der Waals surface area contributed by atoms with Gasteiger partial charge in [0.05, 0.1) is 11.3 Å². The number of halogens is 3. The van der Waals surface area contributed by atoms with Crippen molar-refractivity contribution in [3.05, 3.63) is 101 Å². The first-order chi connectivity index (χ1) is 20.8. The zero-order chi connectivity index (χ0) is 32.4. The van der Waals surface area contributed by atoms with Crippen LogP contribution in [-0.2, 0) is 38.3 Å². The first-order valence-corrected chi connectivity index (χ1v) is 14.2. The Balaban J connectivity index is 1.81. The molecule has 0 saturated carbocycles. The van der Waals surface area contributed by atoms with E-state index in [1.807, 2.05) is 24.3 Å². The maximum absolute atomic E-state index is 13.6. The molecule has 3 amide bonds. The number of allylic oxidation sites excluding steroid dienone is 5. The van der Waals surface area contributed by atoms with Gasteiger partial charge in [0.1, 0.15) is 12.1 Å². The molecule has 44 heavy (non-hydrogen) atoms. The second-order valence-electron chi connectivity index (χ2n) is 10.6. The molecule has 234 valence electrons. The number of benzene rings is 2. The maximum Gasteiger partial charge on any atom is 0.418 e. The largest absolute Gasteiger partial charge is 0.418 e. The lowest BCUT2D eigenvalue weighted by Crippen LogP contribution is -2.56. The number of aryl methyl sites for hydroxylation is 1. The molecular formula is C33H37F3N4O4. The summed E-state index contributed by atoms with van der Waals surface area (Å²) < 4.78 is 40.8. The third-order valence-corrected chi connectivity index (χ3v) is 7.30. The Labute approximate surface area is 254 Å². The first kappa shape index (κ1) is 34.0. The van der Waals surface area contributed by atoms with Crippen LogP contribution in [0.25, 0.3) is 0 Å². The van der Waals surface area contributed by atoms with E-state index in [0.717, 1.165) is 17.2 Å². The lowest BCUT2D eigenvalue weighted by molar-refractivity contribution is -0.143. The Kier molecular flexibility index (Phi) is 11.8. The molecule has 0 aromatic heterocycles. The number of nitrogens with zero attached hydrogens (tertiary/aromatic N) is 1. The summed E-state index contributed by atoms with van der Waals surface area (Å²) in [6.45, 7) is 6.88. The molecule has 4 N–H and O–H groups in total. The second kappa shape index (κ2) is 15.3. The Morgan fingerprint density at radius 2 is 1.80 bits per heavy atom. The van der Waals surface area contributed by atoms with Crippen molar-refractivity contribution in [1.29, 1.82) is 0 Å². The number of amides is 3. The normalized spacial score (nSPS) is 15.8. The molecule has 3 rings (SSSR count). The predicted octanol–water partition coefficient (Wildman–Crippen LogP) is 4.78. The van der Waals surface area contributed by atoms with Crippen molar-refractivity contribution in [3.63, 3.8) is 0 Å². The van der Waals surface area contributed by atoms with E-state index in [-0.39, 0.29) is 44.6 Å². The van der Waals surface area contributed by atoms with Crippen molar-refractivity contribution in [2.75, 3.05) is 11.9 Å². The fourth-order valence-electron chi connectivity index (χ4n) is 4.88. The number of ketones is 1. The molecule has 1 heterocycles. The smallest absolute Gasteiger partial charge is 0.342 e. The molecule has 1 aliphatic rings. The highest BCUT2D eigenvalue weighted by Crippen LogP contribution is 2.35. The number of fused-ring (bicyclic) bond motifs is 1. The van der Waals surface area contributed by atoms with Crippen molar-refractivity contribution >= 4 is 29.2 Å². The fourth-order valence-corrected chi connectivity index (χ4v) is 4.88. The van der Waals surface area contributed by atoms with Crippen molar-refractivity contribution in [3.8, 4) is 0 Å². The van der Waals surface area contributed by atoms with Gasteiger partial charge in [-0.1, -0.05) is 61.2 Å². The number of hydrogen-bond acceptors (Lipinski definition) is 5. The van der Waals surface area contributed by atoms with Crippen LogP contribution in [0.4, 0.5) is 18.9 Å². The molecule has 2 aromatic rings. The summed E-state index contributed by atoms with van der Waals surface area (Å²) in [7, 11) is 0. The van der Waals surface area contributed by atoms with Gasteiger partial charge in [-0.25, -0.2) is 0 Å². The van der Waals surface area contributed by atoms with Crippen molar-refractivity contribution < 1.29 is 32.3 Å². The topological polar surface area (TPSA) is 122 Å². The molecule has 2 atom stereocenters. The van der Waals surface area contributed by atoms with Gasteiger partial charge in [-0.2, -0.15) is 13.2 Å². The number of rotatable bonds is 12. The lowest BCUT2D eigenvalue weighted by Gasteiger charge is -2.36. The van der Waals surface area contributed by atoms with Gasteiger partial charge in [0.2, 0.25) is 17.7 Å². The Hall–Kier alpha value is -4.51. The molecule has 0 saturated heterocycles. The highest BCUT2D eigenvalue weighted by molar-refractivity contribution is 6.00. The van der Waals surface area contributed by atoms with E-state index in [1.165, 1.54) is 17.0 Å². The van der Waals surface area contributed by atoms with Crippen LogP contribution in [0.5, 0.6) is 0 Å². The summed E-state index contributed by atoms with van der Waals surface area (Å²) in [6.07, 6.45) is 1.72. The second-order valence-corrected chi connectivity index (χ2v) is 10.6. The van der Waals surface area contributed by atoms with Gasteiger partial charge < -0.3 is 21.3 Å². The van der Waals surface area contributed by atoms with Crippen LogP contribution in [-0.4, -0.2) is 47.0 Å². The number of carbonyl (C=O) groups is 4. The van der Waals surface area contributed by atoms with Crippen molar-refractivity contribution in [2.24, 2.45) is 5.73 Å². The van der Waals surface area contributed by atoms with Gasteiger partial charge in [-0.3, -0.25) is 19.2 Å². The summed E-state index contributed by atoms with van der Waals surface area (Å²) in [5.41, 5.74) is 6.88. The van der Waals surface area contributed by atoms with E-state index in [0.29, 0.717) is 11.1 Å². The summed E-state index contributed by atoms with van der Waals surface area (Å²) in [4.78, 5) is 54.2. The number of nitrogens with two attached hydrogens (primary N) is 1. The van der Waals surface area contributed by atoms with Gasteiger partial charge in [0, 0.05) is 25.8 Å². The zero-order valence-corrected chi connectivity index (χ0v) is 24.7. The van der Waals surface area contributed by atoms with Crippen LogP contribution in [0.15, 0.2) is 78.9 Å². The number of nitrogens with one attached hydrogen (secondary N) is 2. The first-order valence-electron chi connectivity index (χ1n) is 14.2. The average molecular weight is 611 g/mol. The minimum Gasteiger partial charge on any atom is -0.342 e. The van der Waals surface area contributed by atoms with Crippen molar-refractivity contribution in [2.45, 2.75) is 64.3 Å². The zero-order valence-electron chi connectivity index (χ0n) is 24.7. The van der Waals surface area contributed by atoms with Crippen LogP contribution in [0.3, 0.4) is 0 Å². The standard InChI is InChI=1S/C33H37F3N4O4/c1-4-5-6-9-22(3)29(41)14-15-30(42)40-20-24-11-8-7-10-23(24)19-28(40)32(44)38-26(16-17-37)31(43)39-27-18-21(2)12-13-25(27)33(34,35)36/h4-13,18,26,28H,1,14-17,19-20,37H2,2-3H3,(H,38,44)(H,39,43)/b6-5-,22-9+/t26-,28-/m0/s1. The van der Waals surface area contributed by atoms with Crippen LogP contribution < -0.4 is 16.4 Å². The molecule has 1 aliphatic heterocycles. The molecule has 0 bridgehead atoms. The average Bonchev–Trinajstić information content (AvgIpc) is 2.98. The van der Waals surface area contributed by atoms with Gasteiger partial charge >= 0.3 is 6.18 Å². The molecule has 0 aliphatic carbocycles. The molecule has 11 heteroatoms. The SMILES string of the molecule is C=C/C=C\C=C(/C)C(=O)CCC(=O)N1Cc2ccccc2C[C@H]1C(=O)N[C@@H](CCN)C(=O)Nc1cc(C)ccc1C(F)(F)F. The Bertz CT molecular complexity index is 1470. The molecular weight excluding hydrogens is 573 g/mol. The molecule has 8 nitrogen and oxygen atoms in total. The molecule has 2 aromatic carbocycles.